The number of hydrogen-bond acceptors (Lipinski definition) is 9. The average Bonchev–Trinajstić information content (AvgIpc) is 3.72. The Labute approximate surface area is 285 Å². The van der Waals surface area contributed by atoms with Crippen LogP contribution < -0.4 is 10.6 Å². The van der Waals surface area contributed by atoms with Gasteiger partial charge in [0.1, 0.15) is 42.5 Å². The lowest BCUT2D eigenvalue weighted by atomic mass is 9.88. The summed E-state index contributed by atoms with van der Waals surface area (Å²) in [6.07, 6.45) is 7.81. The molecule has 262 valence electrons. The number of furan rings is 1. The number of aliphatic hydroxyl groups is 2. The molecule has 11 nitrogen and oxygen atoms in total. The fraction of sp³-hybridized carbons (Fsp3) is 0.486. The summed E-state index contributed by atoms with van der Waals surface area (Å²) in [7, 11) is 0. The first-order chi connectivity index (χ1) is 23.6. The molecule has 4 N–H and O–H groups in total. The number of pyridine rings is 1. The Bertz CT molecular complexity index is 1630. The first-order valence-corrected chi connectivity index (χ1v) is 17.0. The number of piperazine rings is 1. The predicted octanol–water partition coefficient (Wildman–Crippen LogP) is 2.69. The second-order valence-corrected chi connectivity index (χ2v) is 13.7. The van der Waals surface area contributed by atoms with E-state index in [1.165, 1.54) is 0 Å². The standard InChI is InChI=1S/C37H46FN5O6/c1-37(2,33-19-26-20-39-13-11-31(26)49-33)43-16-15-42(29(22-43)36(47)40-14-12-38)21-27(44)18-25(17-24-7-4-3-5-8-24)35(46)41-28-9-6-10-32-34(28)30(45)23-48-32/h3-11,13,19-20,25,27-30,34,44-45H,12,14-18,21-23H2,1-2H3,(H,40,47)(H,41,46)/t25-,27+,28+,29+,30-,34?/m1/s1. The predicted molar refractivity (Wildman–Crippen MR) is 182 cm³/mol. The molecule has 1 aliphatic carbocycles. The molecule has 2 saturated heterocycles. The monoisotopic (exact) mass is 675 g/mol. The zero-order chi connectivity index (χ0) is 34.5. The van der Waals surface area contributed by atoms with Crippen molar-refractivity contribution >= 4 is 22.8 Å². The van der Waals surface area contributed by atoms with Gasteiger partial charge < -0.3 is 30.0 Å². The van der Waals surface area contributed by atoms with Crippen molar-refractivity contribution in [1.29, 1.82) is 0 Å². The highest BCUT2D eigenvalue weighted by atomic mass is 19.1. The number of aliphatic hydroxyl groups excluding tert-OH is 2. The summed E-state index contributed by atoms with van der Waals surface area (Å²) in [5.74, 6) is -0.103. The summed E-state index contributed by atoms with van der Waals surface area (Å²) in [5.41, 5.74) is 1.12. The van der Waals surface area contributed by atoms with Gasteiger partial charge in [-0.05, 0) is 50.5 Å². The Balaban J connectivity index is 1.16. The third kappa shape index (κ3) is 7.88. The van der Waals surface area contributed by atoms with Crippen LogP contribution in [0.4, 0.5) is 4.39 Å². The number of benzene rings is 1. The maximum Gasteiger partial charge on any atom is 0.238 e. The highest BCUT2D eigenvalue weighted by Gasteiger charge is 2.42. The van der Waals surface area contributed by atoms with E-state index in [1.807, 2.05) is 79.4 Å². The fourth-order valence-corrected chi connectivity index (χ4v) is 7.24. The smallest absolute Gasteiger partial charge is 0.238 e. The minimum Gasteiger partial charge on any atom is -0.495 e. The van der Waals surface area contributed by atoms with Crippen LogP contribution in [0.3, 0.4) is 0 Å². The Kier molecular flexibility index (Phi) is 10.8. The van der Waals surface area contributed by atoms with Crippen LogP contribution >= 0.6 is 0 Å². The molecule has 6 atom stereocenters. The number of aromatic nitrogens is 1. The molecule has 2 fully saturated rings. The van der Waals surface area contributed by atoms with Gasteiger partial charge in [0.2, 0.25) is 11.8 Å². The molecule has 12 heteroatoms. The number of nitrogens with zero attached hydrogens (tertiary/aromatic N) is 3. The third-order valence-corrected chi connectivity index (χ3v) is 10.0. The van der Waals surface area contributed by atoms with Crippen molar-refractivity contribution < 1.29 is 33.3 Å². The Morgan fingerprint density at radius 3 is 2.78 bits per heavy atom. The van der Waals surface area contributed by atoms with Crippen LogP contribution in [-0.4, -0.2) is 107 Å². The number of fused-ring (bicyclic) bond motifs is 2. The Morgan fingerprint density at radius 1 is 1.18 bits per heavy atom. The average molecular weight is 676 g/mol. The maximum absolute atomic E-state index is 13.9. The van der Waals surface area contributed by atoms with E-state index < -0.39 is 42.4 Å². The highest BCUT2D eigenvalue weighted by molar-refractivity contribution is 5.82. The molecule has 3 aliphatic rings. The van der Waals surface area contributed by atoms with Gasteiger partial charge >= 0.3 is 0 Å². The van der Waals surface area contributed by atoms with E-state index in [0.717, 1.165) is 22.3 Å². The third-order valence-electron chi connectivity index (χ3n) is 10.0. The molecular weight excluding hydrogens is 629 g/mol. The lowest BCUT2D eigenvalue weighted by Crippen LogP contribution is -2.63. The van der Waals surface area contributed by atoms with Crippen LogP contribution in [-0.2, 0) is 26.3 Å². The van der Waals surface area contributed by atoms with Gasteiger partial charge in [0, 0.05) is 56.4 Å². The number of carbonyl (C=O) groups excluding carboxylic acids is 2. The minimum atomic E-state index is -0.934. The summed E-state index contributed by atoms with van der Waals surface area (Å²) < 4.78 is 24.9. The van der Waals surface area contributed by atoms with Gasteiger partial charge in [0.05, 0.1) is 23.6 Å². The van der Waals surface area contributed by atoms with Crippen LogP contribution in [0.1, 0.15) is 31.6 Å². The van der Waals surface area contributed by atoms with Gasteiger partial charge in [-0.3, -0.25) is 24.4 Å². The molecule has 6 rings (SSSR count). The van der Waals surface area contributed by atoms with Gasteiger partial charge in [-0.25, -0.2) is 4.39 Å². The number of amides is 2. The second-order valence-electron chi connectivity index (χ2n) is 13.7. The molecular formula is C37H46FN5O6. The van der Waals surface area contributed by atoms with Crippen LogP contribution in [0.2, 0.25) is 0 Å². The van der Waals surface area contributed by atoms with Crippen molar-refractivity contribution in [2.24, 2.45) is 11.8 Å². The van der Waals surface area contributed by atoms with Crippen LogP contribution in [0.5, 0.6) is 0 Å². The molecule has 0 saturated carbocycles. The van der Waals surface area contributed by atoms with Gasteiger partial charge in [-0.2, -0.15) is 0 Å². The lowest BCUT2D eigenvalue weighted by molar-refractivity contribution is -0.132. The second kappa shape index (κ2) is 15.2. The van der Waals surface area contributed by atoms with Crippen molar-refractivity contribution in [3.05, 3.63) is 90.2 Å². The van der Waals surface area contributed by atoms with Crippen molar-refractivity contribution in [3.8, 4) is 0 Å². The van der Waals surface area contributed by atoms with Crippen LogP contribution in [0.15, 0.2) is 83.3 Å². The van der Waals surface area contributed by atoms with Crippen molar-refractivity contribution in [2.75, 3.05) is 46.0 Å². The van der Waals surface area contributed by atoms with E-state index in [-0.39, 0.29) is 43.8 Å². The molecule has 2 aliphatic heterocycles. The summed E-state index contributed by atoms with van der Waals surface area (Å²) in [6, 6.07) is 12.3. The van der Waals surface area contributed by atoms with E-state index in [4.69, 9.17) is 9.15 Å². The summed E-state index contributed by atoms with van der Waals surface area (Å²) in [5, 5.41) is 28.7. The maximum atomic E-state index is 13.9. The van der Waals surface area contributed by atoms with Gasteiger partial charge in [-0.15, -0.1) is 0 Å². The number of alkyl halides is 1. The summed E-state index contributed by atoms with van der Waals surface area (Å²) in [6.45, 7) is 5.02. The lowest BCUT2D eigenvalue weighted by Gasteiger charge is -2.47. The molecule has 0 spiro atoms. The van der Waals surface area contributed by atoms with Crippen molar-refractivity contribution in [1.82, 2.24) is 25.4 Å². The number of nitrogens with one attached hydrogen (secondary N) is 2. The largest absolute Gasteiger partial charge is 0.495 e. The number of carbonyl (C=O) groups is 2. The van der Waals surface area contributed by atoms with Crippen molar-refractivity contribution in [2.45, 2.75) is 56.5 Å². The molecule has 49 heavy (non-hydrogen) atoms. The zero-order valence-electron chi connectivity index (χ0n) is 28.0. The minimum absolute atomic E-state index is 0.0989. The first kappa shape index (κ1) is 34.8. The fourth-order valence-electron chi connectivity index (χ4n) is 7.24. The molecule has 0 radical (unpaired) electrons. The SMILES string of the molecule is CC(C)(c1cc2cnccc2o1)N1CCN(C[C@@H](O)C[C@@H](Cc2ccccc2)C(=O)N[C@H]2C=CC=C3OC[C@@H](O)C32)[C@H](C(=O)NCCF)C1. The first-order valence-electron chi connectivity index (χ1n) is 17.0. The van der Waals surface area contributed by atoms with Crippen LogP contribution in [0.25, 0.3) is 11.0 Å². The summed E-state index contributed by atoms with van der Waals surface area (Å²) >= 11 is 0. The van der Waals surface area contributed by atoms with E-state index >= 15 is 0 Å². The van der Waals surface area contributed by atoms with Crippen LogP contribution in [0, 0.1) is 11.8 Å². The number of allylic oxidation sites excluding steroid dienone is 2. The van der Waals surface area contributed by atoms with E-state index in [0.29, 0.717) is 31.8 Å². The molecule has 2 amide bonds. The number of β-amino-alcohol motifs (C(OH)–C–C–N with tert-alkyl or cyclic N) is 1. The Hall–Kier alpha value is -4.10. The van der Waals surface area contributed by atoms with Gasteiger partial charge in [-0.1, -0.05) is 42.5 Å². The zero-order valence-corrected chi connectivity index (χ0v) is 28.0. The quantitative estimate of drug-likeness (QED) is 0.215. The summed E-state index contributed by atoms with van der Waals surface area (Å²) in [4.78, 5) is 35.6. The number of hydrogen-bond donors (Lipinski definition) is 4. The van der Waals surface area contributed by atoms with Gasteiger partial charge in [0.15, 0.2) is 0 Å². The molecule has 3 aromatic rings. The van der Waals surface area contributed by atoms with E-state index in [9.17, 15) is 24.2 Å². The number of ether oxygens (including phenoxy) is 1. The molecule has 2 aromatic heterocycles. The van der Waals surface area contributed by atoms with Crippen molar-refractivity contribution in [3.63, 3.8) is 0 Å². The number of rotatable bonds is 13. The highest BCUT2D eigenvalue weighted by Crippen LogP contribution is 2.35. The molecule has 1 aromatic carbocycles. The molecule has 4 heterocycles. The molecule has 1 unspecified atom stereocenters. The number of halogens is 1. The van der Waals surface area contributed by atoms with E-state index in [1.54, 1.807) is 12.4 Å². The van der Waals surface area contributed by atoms with E-state index in [2.05, 4.69) is 20.5 Å². The molecule has 0 bridgehead atoms. The topological polar surface area (TPSA) is 140 Å². The Morgan fingerprint density at radius 2 is 2.00 bits per heavy atom. The van der Waals surface area contributed by atoms with Gasteiger partial charge in [0.25, 0.3) is 0 Å². The normalized spacial score (nSPS) is 24.1.